The maximum absolute atomic E-state index is 13.2. The average Bonchev–Trinajstić information content (AvgIpc) is 2.76. The Bertz CT molecular complexity index is 925. The molecule has 1 saturated heterocycles. The van der Waals surface area contributed by atoms with Crippen LogP contribution in [0.2, 0.25) is 0 Å². The number of aryl methyl sites for hydroxylation is 2. The Kier molecular flexibility index (Phi) is 8.52. The number of rotatable bonds is 9. The zero-order valence-electron chi connectivity index (χ0n) is 19.3. The van der Waals surface area contributed by atoms with Crippen LogP contribution in [0.25, 0.3) is 0 Å². The van der Waals surface area contributed by atoms with Crippen molar-refractivity contribution in [3.05, 3.63) is 53.6 Å². The normalized spacial score (nSPS) is 14.6. The number of anilines is 1. The van der Waals surface area contributed by atoms with Crippen LogP contribution in [-0.4, -0.2) is 49.7 Å². The molecule has 0 aliphatic carbocycles. The van der Waals surface area contributed by atoms with Gasteiger partial charge in [0.2, 0.25) is 5.91 Å². The summed E-state index contributed by atoms with van der Waals surface area (Å²) >= 11 is 0. The van der Waals surface area contributed by atoms with Crippen LogP contribution in [0.3, 0.4) is 0 Å². The van der Waals surface area contributed by atoms with Crippen molar-refractivity contribution in [1.82, 2.24) is 4.90 Å². The second kappa shape index (κ2) is 11.5. The molecule has 6 nitrogen and oxygen atoms in total. The predicted octanol–water partition coefficient (Wildman–Crippen LogP) is 4.49. The van der Waals surface area contributed by atoms with Gasteiger partial charge in [-0.1, -0.05) is 18.2 Å². The van der Waals surface area contributed by atoms with Gasteiger partial charge in [0.05, 0.1) is 25.6 Å². The smallest absolute Gasteiger partial charge is 0.241 e. The zero-order valence-corrected chi connectivity index (χ0v) is 19.3. The van der Waals surface area contributed by atoms with E-state index < -0.39 is 0 Å². The van der Waals surface area contributed by atoms with Gasteiger partial charge in [0.1, 0.15) is 6.10 Å². The summed E-state index contributed by atoms with van der Waals surface area (Å²) in [7, 11) is 0. The zero-order chi connectivity index (χ0) is 22.9. The fourth-order valence-corrected chi connectivity index (χ4v) is 4.13. The molecule has 2 aromatic carbocycles. The minimum atomic E-state index is 0.0336. The number of carbonyl (C=O) groups excluding carboxylic acids is 1. The number of benzene rings is 2. The molecular formula is C26H33N3O3. The number of nitrogens with zero attached hydrogens (tertiary/aromatic N) is 3. The lowest BCUT2D eigenvalue weighted by Gasteiger charge is -2.33. The molecule has 0 bridgehead atoms. The van der Waals surface area contributed by atoms with E-state index >= 15 is 0 Å². The van der Waals surface area contributed by atoms with Gasteiger partial charge in [-0.05, 0) is 69.0 Å². The lowest BCUT2D eigenvalue weighted by atomic mass is 10.1. The van der Waals surface area contributed by atoms with Crippen molar-refractivity contribution < 1.29 is 14.3 Å². The van der Waals surface area contributed by atoms with Gasteiger partial charge in [0.15, 0.2) is 11.5 Å². The van der Waals surface area contributed by atoms with E-state index in [9.17, 15) is 4.79 Å². The van der Waals surface area contributed by atoms with Gasteiger partial charge in [-0.25, -0.2) is 0 Å². The van der Waals surface area contributed by atoms with Gasteiger partial charge in [-0.15, -0.1) is 0 Å². The molecular weight excluding hydrogens is 402 g/mol. The van der Waals surface area contributed by atoms with Crippen molar-refractivity contribution in [3.63, 3.8) is 0 Å². The Morgan fingerprint density at radius 3 is 2.41 bits per heavy atom. The van der Waals surface area contributed by atoms with Crippen LogP contribution in [0.1, 0.15) is 37.3 Å². The molecule has 3 rings (SSSR count). The first kappa shape index (κ1) is 23.6. The van der Waals surface area contributed by atoms with Crippen molar-refractivity contribution in [2.24, 2.45) is 0 Å². The van der Waals surface area contributed by atoms with E-state index in [4.69, 9.17) is 14.7 Å². The summed E-state index contributed by atoms with van der Waals surface area (Å²) in [5.41, 5.74) is 3.09. The predicted molar refractivity (Wildman–Crippen MR) is 126 cm³/mol. The molecule has 32 heavy (non-hydrogen) atoms. The second-order valence-electron chi connectivity index (χ2n) is 8.27. The number of ether oxygens (including phenoxy) is 2. The third-order valence-corrected chi connectivity index (χ3v) is 5.60. The summed E-state index contributed by atoms with van der Waals surface area (Å²) in [5.74, 6) is 1.59. The van der Waals surface area contributed by atoms with Gasteiger partial charge >= 0.3 is 0 Å². The van der Waals surface area contributed by atoms with Crippen LogP contribution in [0, 0.1) is 25.2 Å². The first-order chi connectivity index (χ1) is 15.5. The second-order valence-corrected chi connectivity index (χ2v) is 8.27. The number of piperidine rings is 1. The van der Waals surface area contributed by atoms with Crippen LogP contribution in [0.15, 0.2) is 42.5 Å². The minimum absolute atomic E-state index is 0.0336. The Hall–Kier alpha value is -3.04. The van der Waals surface area contributed by atoms with Crippen molar-refractivity contribution in [1.29, 1.82) is 5.26 Å². The molecule has 1 fully saturated rings. The highest BCUT2D eigenvalue weighted by atomic mass is 16.5. The SMILES string of the molecule is CCOc1ccccc1OC1CCN(CC(=O)N(CCC#N)c2cc(C)cc(C)c2)CC1. The van der Waals surface area contributed by atoms with Gasteiger partial charge in [-0.3, -0.25) is 9.69 Å². The maximum atomic E-state index is 13.2. The molecule has 0 radical (unpaired) electrons. The van der Waals surface area contributed by atoms with Gasteiger partial charge in [-0.2, -0.15) is 5.26 Å². The lowest BCUT2D eigenvalue weighted by molar-refractivity contribution is -0.120. The van der Waals surface area contributed by atoms with Crippen molar-refractivity contribution >= 4 is 11.6 Å². The largest absolute Gasteiger partial charge is 0.490 e. The highest BCUT2D eigenvalue weighted by molar-refractivity contribution is 5.95. The molecule has 6 heteroatoms. The Morgan fingerprint density at radius 1 is 1.12 bits per heavy atom. The summed E-state index contributed by atoms with van der Waals surface area (Å²) in [4.78, 5) is 17.1. The number of para-hydroxylation sites is 2. The molecule has 0 saturated carbocycles. The molecule has 0 spiro atoms. The van der Waals surface area contributed by atoms with Crippen molar-refractivity contribution in [2.75, 3.05) is 37.7 Å². The van der Waals surface area contributed by atoms with Crippen molar-refractivity contribution in [3.8, 4) is 17.6 Å². The van der Waals surface area contributed by atoms with E-state index in [-0.39, 0.29) is 12.0 Å². The van der Waals surface area contributed by atoms with Crippen LogP contribution in [-0.2, 0) is 4.79 Å². The third-order valence-electron chi connectivity index (χ3n) is 5.60. The highest BCUT2D eigenvalue weighted by Crippen LogP contribution is 2.29. The van der Waals surface area contributed by atoms with E-state index in [1.807, 2.05) is 57.2 Å². The maximum Gasteiger partial charge on any atom is 0.241 e. The van der Waals surface area contributed by atoms with Crippen LogP contribution in [0.4, 0.5) is 5.69 Å². The van der Waals surface area contributed by atoms with Crippen LogP contribution in [0.5, 0.6) is 11.5 Å². The summed E-state index contributed by atoms with van der Waals surface area (Å²) < 4.78 is 11.9. The van der Waals surface area contributed by atoms with Crippen LogP contribution < -0.4 is 14.4 Å². The average molecular weight is 436 g/mol. The monoisotopic (exact) mass is 435 g/mol. The molecule has 1 aliphatic heterocycles. The summed E-state index contributed by atoms with van der Waals surface area (Å²) in [5, 5.41) is 9.06. The highest BCUT2D eigenvalue weighted by Gasteiger charge is 2.25. The number of nitriles is 1. The summed E-state index contributed by atoms with van der Waals surface area (Å²) in [6.45, 7) is 8.97. The molecule has 0 N–H and O–H groups in total. The quantitative estimate of drug-likeness (QED) is 0.581. The fraction of sp³-hybridized carbons (Fsp3) is 0.462. The van der Waals surface area contributed by atoms with Crippen LogP contribution >= 0.6 is 0 Å². The Labute approximate surface area is 191 Å². The Morgan fingerprint density at radius 2 is 1.78 bits per heavy atom. The summed E-state index contributed by atoms with van der Waals surface area (Å²) in [6.07, 6.45) is 2.14. The first-order valence-electron chi connectivity index (χ1n) is 11.4. The van der Waals surface area contributed by atoms with Gasteiger partial charge in [0.25, 0.3) is 0 Å². The van der Waals surface area contributed by atoms with Gasteiger partial charge in [0, 0.05) is 25.3 Å². The fourth-order valence-electron chi connectivity index (χ4n) is 4.13. The lowest BCUT2D eigenvalue weighted by Crippen LogP contribution is -2.45. The van der Waals surface area contributed by atoms with Gasteiger partial charge < -0.3 is 14.4 Å². The van der Waals surface area contributed by atoms with E-state index in [0.29, 0.717) is 26.1 Å². The number of hydrogen-bond donors (Lipinski definition) is 0. The number of carbonyl (C=O) groups is 1. The minimum Gasteiger partial charge on any atom is -0.490 e. The molecule has 1 amide bonds. The topological polar surface area (TPSA) is 65.8 Å². The molecule has 1 aliphatic rings. The van der Waals surface area contributed by atoms with E-state index in [0.717, 1.165) is 54.2 Å². The van der Waals surface area contributed by atoms with Crippen molar-refractivity contribution in [2.45, 2.75) is 46.1 Å². The standard InChI is InChI=1S/C26H33N3O3/c1-4-31-24-8-5-6-9-25(24)32-23-10-14-28(15-11-23)19-26(30)29(13-7-12-27)22-17-20(2)16-21(3)18-22/h5-6,8-9,16-18,23H,4,7,10-11,13-15,19H2,1-3H3. The summed E-state index contributed by atoms with van der Waals surface area (Å²) in [6, 6.07) is 16.0. The first-order valence-corrected chi connectivity index (χ1v) is 11.4. The molecule has 2 aromatic rings. The third kappa shape index (κ3) is 6.48. The molecule has 0 aromatic heterocycles. The Balaban J connectivity index is 1.58. The molecule has 1 heterocycles. The molecule has 0 atom stereocenters. The van der Waals surface area contributed by atoms with E-state index in [1.165, 1.54) is 0 Å². The molecule has 170 valence electrons. The molecule has 0 unspecified atom stereocenters. The number of hydrogen-bond acceptors (Lipinski definition) is 5. The number of amides is 1. The van der Waals surface area contributed by atoms with E-state index in [2.05, 4.69) is 17.0 Å². The van der Waals surface area contributed by atoms with E-state index in [1.54, 1.807) is 4.90 Å². The number of likely N-dealkylation sites (tertiary alicyclic amines) is 1.